The first kappa shape index (κ1) is 21.8. The van der Waals surface area contributed by atoms with Crippen molar-refractivity contribution in [3.8, 4) is 5.75 Å². The summed E-state index contributed by atoms with van der Waals surface area (Å²) in [6, 6.07) is 7.32. The van der Waals surface area contributed by atoms with E-state index in [1.165, 1.54) is 0 Å². The van der Waals surface area contributed by atoms with E-state index >= 15 is 0 Å². The molecule has 0 fully saturated rings. The van der Waals surface area contributed by atoms with Gasteiger partial charge in [-0.15, -0.1) is 0 Å². The van der Waals surface area contributed by atoms with E-state index in [0.717, 1.165) is 17.7 Å². The minimum Gasteiger partial charge on any atom is -0.490 e. The van der Waals surface area contributed by atoms with Crippen molar-refractivity contribution in [2.24, 2.45) is 0 Å². The summed E-state index contributed by atoms with van der Waals surface area (Å²) in [5.74, 6) is -0.641. The van der Waals surface area contributed by atoms with Crippen LogP contribution in [0.4, 0.5) is 4.79 Å². The first-order valence-corrected chi connectivity index (χ1v) is 8.17. The molecule has 0 heterocycles. The van der Waals surface area contributed by atoms with Gasteiger partial charge in [0.2, 0.25) is 0 Å². The van der Waals surface area contributed by atoms with E-state index in [0.29, 0.717) is 5.75 Å². The second-order valence-corrected chi connectivity index (χ2v) is 5.29. The number of rotatable bonds is 11. The molecule has 1 atom stereocenters. The number of amides is 1. The number of benzene rings is 1. The van der Waals surface area contributed by atoms with Gasteiger partial charge in [0, 0.05) is 12.2 Å². The Bertz CT molecular complexity index is 672. The number of carbonyl (C=O) groups is 3. The van der Waals surface area contributed by atoms with Gasteiger partial charge in [0.15, 0.2) is 6.10 Å². The molecule has 0 aromatic heterocycles. The lowest BCUT2D eigenvalue weighted by Crippen LogP contribution is -2.36. The van der Waals surface area contributed by atoms with Crippen molar-refractivity contribution in [2.45, 2.75) is 13.0 Å². The van der Waals surface area contributed by atoms with Crippen LogP contribution in [0, 0.1) is 6.92 Å². The first-order valence-electron chi connectivity index (χ1n) is 8.17. The van der Waals surface area contributed by atoms with Crippen molar-refractivity contribution < 1.29 is 33.3 Å². The van der Waals surface area contributed by atoms with Crippen LogP contribution in [0.15, 0.2) is 49.6 Å². The summed E-state index contributed by atoms with van der Waals surface area (Å²) in [5.41, 5.74) is 1.01. The fourth-order valence-corrected chi connectivity index (χ4v) is 1.80. The highest BCUT2D eigenvalue weighted by Crippen LogP contribution is 2.13. The summed E-state index contributed by atoms with van der Waals surface area (Å²) in [7, 11) is 0. The van der Waals surface area contributed by atoms with Crippen LogP contribution in [0.3, 0.4) is 0 Å². The number of hydrogen-bond donors (Lipinski definition) is 1. The third-order valence-corrected chi connectivity index (χ3v) is 3.06. The van der Waals surface area contributed by atoms with Gasteiger partial charge in [0.25, 0.3) is 0 Å². The molecule has 1 aromatic rings. The van der Waals surface area contributed by atoms with Crippen molar-refractivity contribution in [3.05, 3.63) is 55.1 Å². The standard InChI is InChI=1S/C19H23NO7/c1-4-17(21)24-10-9-20-19(23)27-16(13-26-18(22)5-2)12-25-15-8-6-7-14(3)11-15/h4-8,11,16H,1-2,9-10,12-13H2,3H3,(H,20,23). The Kier molecular flexibility index (Phi) is 9.77. The Morgan fingerprint density at radius 1 is 1.11 bits per heavy atom. The molecule has 0 aliphatic carbocycles. The summed E-state index contributed by atoms with van der Waals surface area (Å²) < 4.78 is 20.4. The van der Waals surface area contributed by atoms with Gasteiger partial charge in [0.1, 0.15) is 25.6 Å². The average Bonchev–Trinajstić information content (AvgIpc) is 2.66. The van der Waals surface area contributed by atoms with Crippen LogP contribution in [0.2, 0.25) is 0 Å². The maximum atomic E-state index is 11.8. The zero-order valence-corrected chi connectivity index (χ0v) is 15.1. The topological polar surface area (TPSA) is 100 Å². The van der Waals surface area contributed by atoms with Crippen molar-refractivity contribution in [1.29, 1.82) is 0 Å². The van der Waals surface area contributed by atoms with Gasteiger partial charge in [-0.25, -0.2) is 14.4 Å². The number of carbonyl (C=O) groups excluding carboxylic acids is 3. The third kappa shape index (κ3) is 9.69. The predicted octanol–water partition coefficient (Wildman–Crippen LogP) is 1.93. The second kappa shape index (κ2) is 12.1. The van der Waals surface area contributed by atoms with E-state index in [2.05, 4.69) is 18.5 Å². The Balaban J connectivity index is 2.50. The number of alkyl carbamates (subject to hydrolysis) is 1. The monoisotopic (exact) mass is 377 g/mol. The largest absolute Gasteiger partial charge is 0.490 e. The molecule has 0 spiro atoms. The maximum absolute atomic E-state index is 11.8. The number of aryl methyl sites for hydroxylation is 1. The quantitative estimate of drug-likeness (QED) is 0.272. The van der Waals surface area contributed by atoms with Gasteiger partial charge in [-0.2, -0.15) is 0 Å². The first-order chi connectivity index (χ1) is 12.9. The van der Waals surface area contributed by atoms with E-state index in [1.54, 1.807) is 6.07 Å². The van der Waals surface area contributed by atoms with Crippen LogP contribution in [-0.4, -0.2) is 50.5 Å². The summed E-state index contributed by atoms with van der Waals surface area (Å²) in [6.07, 6.45) is 0.416. The van der Waals surface area contributed by atoms with Crippen LogP contribution in [-0.2, 0) is 23.8 Å². The van der Waals surface area contributed by atoms with E-state index in [-0.39, 0.29) is 26.4 Å². The number of ether oxygens (including phenoxy) is 4. The van der Waals surface area contributed by atoms with Crippen molar-refractivity contribution in [3.63, 3.8) is 0 Å². The molecule has 8 nitrogen and oxygen atoms in total. The highest BCUT2D eigenvalue weighted by atomic mass is 16.6. The molecule has 0 bridgehead atoms. The van der Waals surface area contributed by atoms with Crippen LogP contribution in [0.5, 0.6) is 5.75 Å². The van der Waals surface area contributed by atoms with Gasteiger partial charge >= 0.3 is 18.0 Å². The number of hydrogen-bond acceptors (Lipinski definition) is 7. The fourth-order valence-electron chi connectivity index (χ4n) is 1.80. The molecule has 1 unspecified atom stereocenters. The predicted molar refractivity (Wildman–Crippen MR) is 97.3 cm³/mol. The molecule has 0 aliphatic heterocycles. The SMILES string of the molecule is C=CC(=O)OCCNC(=O)OC(COC(=O)C=C)COc1cccc(C)c1. The van der Waals surface area contributed by atoms with Crippen molar-refractivity contribution in [2.75, 3.05) is 26.4 Å². The van der Waals surface area contributed by atoms with Gasteiger partial charge in [0.05, 0.1) is 6.54 Å². The molecule has 8 heteroatoms. The second-order valence-electron chi connectivity index (χ2n) is 5.29. The van der Waals surface area contributed by atoms with Gasteiger partial charge in [-0.3, -0.25) is 0 Å². The highest BCUT2D eigenvalue weighted by Gasteiger charge is 2.17. The molecule has 1 rings (SSSR count). The molecule has 0 aliphatic rings. The molecule has 1 N–H and O–H groups in total. The van der Waals surface area contributed by atoms with E-state index in [1.807, 2.05) is 25.1 Å². The summed E-state index contributed by atoms with van der Waals surface area (Å²) in [4.78, 5) is 34.0. The number of nitrogens with one attached hydrogen (secondary N) is 1. The maximum Gasteiger partial charge on any atom is 0.407 e. The van der Waals surface area contributed by atoms with Crippen LogP contribution in [0.25, 0.3) is 0 Å². The van der Waals surface area contributed by atoms with E-state index in [4.69, 9.17) is 18.9 Å². The summed E-state index contributed by atoms with van der Waals surface area (Å²) >= 11 is 0. The average molecular weight is 377 g/mol. The Morgan fingerprint density at radius 2 is 1.81 bits per heavy atom. The van der Waals surface area contributed by atoms with E-state index in [9.17, 15) is 14.4 Å². The molecule has 146 valence electrons. The van der Waals surface area contributed by atoms with Crippen molar-refractivity contribution in [1.82, 2.24) is 5.32 Å². The lowest BCUT2D eigenvalue weighted by Gasteiger charge is -2.18. The van der Waals surface area contributed by atoms with Crippen LogP contribution in [0.1, 0.15) is 5.56 Å². The Hall–Kier alpha value is -3.29. The Morgan fingerprint density at radius 3 is 2.48 bits per heavy atom. The smallest absolute Gasteiger partial charge is 0.407 e. The molecular weight excluding hydrogens is 354 g/mol. The van der Waals surface area contributed by atoms with Gasteiger partial charge in [-0.1, -0.05) is 25.3 Å². The summed E-state index contributed by atoms with van der Waals surface area (Å²) in [6.45, 7) is 8.27. The highest BCUT2D eigenvalue weighted by molar-refractivity contribution is 5.81. The minimum atomic E-state index is -0.842. The zero-order chi connectivity index (χ0) is 20.1. The lowest BCUT2D eigenvalue weighted by molar-refractivity contribution is -0.141. The molecular formula is C19H23NO7. The number of esters is 2. The van der Waals surface area contributed by atoms with Crippen LogP contribution >= 0.6 is 0 Å². The lowest BCUT2D eigenvalue weighted by atomic mass is 10.2. The van der Waals surface area contributed by atoms with Crippen LogP contribution < -0.4 is 10.1 Å². The minimum absolute atomic E-state index is 0.0211. The molecule has 1 aromatic carbocycles. The van der Waals surface area contributed by atoms with Gasteiger partial charge < -0.3 is 24.3 Å². The molecule has 0 saturated carbocycles. The molecule has 1 amide bonds. The van der Waals surface area contributed by atoms with Gasteiger partial charge in [-0.05, 0) is 24.6 Å². The Labute approximate surface area is 157 Å². The third-order valence-electron chi connectivity index (χ3n) is 3.06. The normalized spacial score (nSPS) is 10.9. The molecule has 0 saturated heterocycles. The fraction of sp³-hybridized carbons (Fsp3) is 0.316. The van der Waals surface area contributed by atoms with Crippen molar-refractivity contribution >= 4 is 18.0 Å². The van der Waals surface area contributed by atoms with E-state index < -0.39 is 24.1 Å². The summed E-state index contributed by atoms with van der Waals surface area (Å²) in [5, 5.41) is 2.41. The molecule has 0 radical (unpaired) electrons. The zero-order valence-electron chi connectivity index (χ0n) is 15.1. The molecule has 27 heavy (non-hydrogen) atoms.